The number of hydrogen-bond acceptors (Lipinski definition) is 4. The Morgan fingerprint density at radius 2 is 2.25 bits per heavy atom. The Morgan fingerprint density at radius 1 is 1.50 bits per heavy atom. The summed E-state index contributed by atoms with van der Waals surface area (Å²) >= 11 is 0. The molecule has 0 aromatic heterocycles. The predicted molar refractivity (Wildman–Crippen MR) is 82.5 cm³/mol. The monoisotopic (exact) mass is 299 g/mol. The number of methoxy groups -OCH3 is 1. The minimum atomic E-state index is -0.0119. The molecule has 1 unspecified atom stereocenters. The number of hydrogen-bond donors (Lipinski definition) is 2. The van der Waals surface area contributed by atoms with Crippen LogP contribution in [0.25, 0.3) is 0 Å². The number of carbonyl (C=O) groups is 1. The van der Waals surface area contributed by atoms with E-state index in [0.29, 0.717) is 30.4 Å². The van der Waals surface area contributed by atoms with E-state index in [1.165, 1.54) is 0 Å². The van der Waals surface area contributed by atoms with Gasteiger partial charge in [-0.15, -0.1) is 12.4 Å². The van der Waals surface area contributed by atoms with E-state index in [1.807, 2.05) is 24.3 Å². The SMILES string of the molecule is COc1ccccc1NC(=O)CN1CCC(CN)C1.Cl. The van der Waals surface area contributed by atoms with E-state index in [0.717, 1.165) is 19.5 Å². The maximum Gasteiger partial charge on any atom is 0.238 e. The largest absolute Gasteiger partial charge is 0.495 e. The number of amides is 1. The van der Waals surface area contributed by atoms with Gasteiger partial charge in [0.2, 0.25) is 5.91 Å². The number of ether oxygens (including phenoxy) is 1. The highest BCUT2D eigenvalue weighted by Gasteiger charge is 2.23. The molecule has 1 aliphatic rings. The Balaban J connectivity index is 0.00000200. The lowest BCUT2D eigenvalue weighted by Crippen LogP contribution is -2.32. The van der Waals surface area contributed by atoms with Crippen LogP contribution >= 0.6 is 12.4 Å². The molecule has 3 N–H and O–H groups in total. The Labute approximate surface area is 125 Å². The van der Waals surface area contributed by atoms with Crippen LogP contribution in [0.5, 0.6) is 5.75 Å². The van der Waals surface area contributed by atoms with Crippen LogP contribution < -0.4 is 15.8 Å². The van der Waals surface area contributed by atoms with Crippen molar-refractivity contribution in [1.29, 1.82) is 0 Å². The molecule has 1 aromatic carbocycles. The summed E-state index contributed by atoms with van der Waals surface area (Å²) in [4.78, 5) is 14.1. The molecule has 5 nitrogen and oxygen atoms in total. The van der Waals surface area contributed by atoms with Gasteiger partial charge in [-0.1, -0.05) is 12.1 Å². The van der Waals surface area contributed by atoms with Crippen LogP contribution in [0.4, 0.5) is 5.69 Å². The van der Waals surface area contributed by atoms with E-state index in [9.17, 15) is 4.79 Å². The molecule has 1 aliphatic heterocycles. The maximum atomic E-state index is 12.0. The molecule has 112 valence electrons. The number of nitrogens with two attached hydrogens (primary N) is 1. The van der Waals surface area contributed by atoms with Gasteiger partial charge >= 0.3 is 0 Å². The third-order valence-electron chi connectivity index (χ3n) is 3.45. The van der Waals surface area contributed by atoms with Gasteiger partial charge in [0.15, 0.2) is 0 Å². The Hall–Kier alpha value is -1.30. The highest BCUT2D eigenvalue weighted by atomic mass is 35.5. The molecule has 0 bridgehead atoms. The zero-order valence-electron chi connectivity index (χ0n) is 11.7. The molecular weight excluding hydrogens is 278 g/mol. The molecule has 2 rings (SSSR count). The first-order valence-corrected chi connectivity index (χ1v) is 6.58. The number of likely N-dealkylation sites (tertiary alicyclic amines) is 1. The maximum absolute atomic E-state index is 12.0. The Morgan fingerprint density at radius 3 is 2.90 bits per heavy atom. The Bertz CT molecular complexity index is 442. The van der Waals surface area contributed by atoms with Gasteiger partial charge in [0, 0.05) is 6.54 Å². The molecule has 20 heavy (non-hydrogen) atoms. The van der Waals surface area contributed by atoms with E-state index in [2.05, 4.69) is 10.2 Å². The van der Waals surface area contributed by atoms with Crippen LogP contribution in [0.15, 0.2) is 24.3 Å². The van der Waals surface area contributed by atoms with E-state index in [-0.39, 0.29) is 18.3 Å². The number of para-hydroxylation sites is 2. The van der Waals surface area contributed by atoms with Crippen molar-refractivity contribution in [3.63, 3.8) is 0 Å². The van der Waals surface area contributed by atoms with Crippen molar-refractivity contribution in [3.8, 4) is 5.75 Å². The van der Waals surface area contributed by atoms with Gasteiger partial charge in [-0.3, -0.25) is 9.69 Å². The third-order valence-corrected chi connectivity index (χ3v) is 3.45. The third kappa shape index (κ3) is 4.37. The van der Waals surface area contributed by atoms with Crippen LogP contribution in [-0.4, -0.2) is 44.1 Å². The highest BCUT2D eigenvalue weighted by molar-refractivity contribution is 5.93. The second kappa shape index (κ2) is 8.09. The van der Waals surface area contributed by atoms with Gasteiger partial charge in [-0.2, -0.15) is 0 Å². The van der Waals surface area contributed by atoms with Crippen LogP contribution in [0.1, 0.15) is 6.42 Å². The molecular formula is C14H22ClN3O2. The molecule has 1 amide bonds. The lowest BCUT2D eigenvalue weighted by Gasteiger charge is -2.16. The van der Waals surface area contributed by atoms with Gasteiger partial charge in [0.1, 0.15) is 5.75 Å². The molecule has 1 atom stereocenters. The molecule has 0 saturated carbocycles. The van der Waals surface area contributed by atoms with Crippen molar-refractivity contribution in [2.75, 3.05) is 38.6 Å². The number of carbonyl (C=O) groups excluding carboxylic acids is 1. The summed E-state index contributed by atoms with van der Waals surface area (Å²) in [7, 11) is 1.59. The van der Waals surface area contributed by atoms with Gasteiger partial charge in [0.25, 0.3) is 0 Å². The van der Waals surface area contributed by atoms with E-state index < -0.39 is 0 Å². The summed E-state index contributed by atoms with van der Waals surface area (Å²) in [5.41, 5.74) is 6.36. The summed E-state index contributed by atoms with van der Waals surface area (Å²) in [6, 6.07) is 7.42. The number of halogens is 1. The first-order chi connectivity index (χ1) is 9.22. The van der Waals surface area contributed by atoms with E-state index in [4.69, 9.17) is 10.5 Å². The van der Waals surface area contributed by atoms with Gasteiger partial charge in [-0.05, 0) is 37.6 Å². The van der Waals surface area contributed by atoms with Gasteiger partial charge in [-0.25, -0.2) is 0 Å². The molecule has 6 heteroatoms. The summed E-state index contributed by atoms with van der Waals surface area (Å²) < 4.78 is 5.21. The fourth-order valence-electron chi connectivity index (χ4n) is 2.39. The average Bonchev–Trinajstić information content (AvgIpc) is 2.87. The average molecular weight is 300 g/mol. The second-order valence-corrected chi connectivity index (χ2v) is 4.87. The molecule has 1 fully saturated rings. The summed E-state index contributed by atoms with van der Waals surface area (Å²) in [6.07, 6.45) is 1.08. The minimum Gasteiger partial charge on any atom is -0.495 e. The summed E-state index contributed by atoms with van der Waals surface area (Å²) in [5, 5.41) is 2.88. The first kappa shape index (κ1) is 16.8. The molecule has 0 radical (unpaired) electrons. The van der Waals surface area contributed by atoms with Crippen LogP contribution in [0.2, 0.25) is 0 Å². The highest BCUT2D eigenvalue weighted by Crippen LogP contribution is 2.23. The fourth-order valence-corrected chi connectivity index (χ4v) is 2.39. The predicted octanol–water partition coefficient (Wildman–Crippen LogP) is 1.34. The number of nitrogens with one attached hydrogen (secondary N) is 1. The van der Waals surface area contributed by atoms with E-state index >= 15 is 0 Å². The standard InChI is InChI=1S/C14H21N3O2.ClH/c1-19-13-5-3-2-4-12(13)16-14(18)10-17-7-6-11(8-15)9-17;/h2-5,11H,6-10,15H2,1H3,(H,16,18);1H. The molecule has 0 aliphatic carbocycles. The van der Waals surface area contributed by atoms with Crippen LogP contribution in [-0.2, 0) is 4.79 Å². The van der Waals surface area contributed by atoms with Gasteiger partial charge < -0.3 is 15.8 Å². The minimum absolute atomic E-state index is 0. The van der Waals surface area contributed by atoms with Crippen molar-refractivity contribution in [1.82, 2.24) is 4.90 Å². The number of anilines is 1. The van der Waals surface area contributed by atoms with Crippen molar-refractivity contribution in [3.05, 3.63) is 24.3 Å². The number of benzene rings is 1. The number of rotatable bonds is 5. The Kier molecular flexibility index (Phi) is 6.78. The smallest absolute Gasteiger partial charge is 0.238 e. The molecule has 0 spiro atoms. The normalized spacial score (nSPS) is 18.4. The molecule has 1 saturated heterocycles. The van der Waals surface area contributed by atoms with Crippen molar-refractivity contribution >= 4 is 24.0 Å². The summed E-state index contributed by atoms with van der Waals surface area (Å²) in [5.74, 6) is 1.19. The quantitative estimate of drug-likeness (QED) is 0.861. The summed E-state index contributed by atoms with van der Waals surface area (Å²) in [6.45, 7) is 2.97. The van der Waals surface area contributed by atoms with E-state index in [1.54, 1.807) is 7.11 Å². The van der Waals surface area contributed by atoms with Crippen molar-refractivity contribution in [2.24, 2.45) is 11.7 Å². The fraction of sp³-hybridized carbons (Fsp3) is 0.500. The van der Waals surface area contributed by atoms with Gasteiger partial charge in [0.05, 0.1) is 19.3 Å². The molecule has 1 aromatic rings. The van der Waals surface area contributed by atoms with Crippen molar-refractivity contribution in [2.45, 2.75) is 6.42 Å². The first-order valence-electron chi connectivity index (χ1n) is 6.58. The second-order valence-electron chi connectivity index (χ2n) is 4.87. The van der Waals surface area contributed by atoms with Crippen LogP contribution in [0.3, 0.4) is 0 Å². The topological polar surface area (TPSA) is 67.6 Å². The lowest BCUT2D eigenvalue weighted by molar-refractivity contribution is -0.117. The lowest BCUT2D eigenvalue weighted by atomic mass is 10.1. The number of nitrogens with zero attached hydrogens (tertiary/aromatic N) is 1. The molecule has 1 heterocycles. The van der Waals surface area contributed by atoms with Crippen molar-refractivity contribution < 1.29 is 9.53 Å². The zero-order chi connectivity index (χ0) is 13.7. The van der Waals surface area contributed by atoms with Crippen LogP contribution in [0, 0.1) is 5.92 Å². The zero-order valence-corrected chi connectivity index (χ0v) is 12.5.